The van der Waals surface area contributed by atoms with Crippen LogP contribution in [-0.2, 0) is 10.8 Å². The molecular formula is C18H22OS. The standard InChI is InChI=1S/C18H22OS/c1-17(2)14-9-11-18(17,3)15(13-14)10-12-20(19)16-7-5-4-6-8-16/h4-8,12,14H,9,11,13H2,1-3H3/t10?,14-,18+,20+/m1/s1. The largest absolute Gasteiger partial charge is 0.249 e. The Morgan fingerprint density at radius 2 is 1.95 bits per heavy atom. The fourth-order valence-electron chi connectivity index (χ4n) is 3.93. The Labute approximate surface area is 124 Å². The van der Waals surface area contributed by atoms with Gasteiger partial charge >= 0.3 is 0 Å². The van der Waals surface area contributed by atoms with E-state index >= 15 is 0 Å². The second kappa shape index (κ2) is 4.72. The third-order valence-corrected chi connectivity index (χ3v) is 6.94. The van der Waals surface area contributed by atoms with Crippen LogP contribution >= 0.6 is 0 Å². The first-order chi connectivity index (χ1) is 9.45. The molecule has 2 fully saturated rings. The minimum atomic E-state index is -1.08. The summed E-state index contributed by atoms with van der Waals surface area (Å²) in [5.74, 6) is 0.772. The molecule has 2 bridgehead atoms. The Bertz CT molecular complexity index is 608. The lowest BCUT2D eigenvalue weighted by atomic mass is 9.69. The Hall–Kier alpha value is -1.11. The van der Waals surface area contributed by atoms with E-state index in [4.69, 9.17) is 0 Å². The Kier molecular flexibility index (Phi) is 3.27. The summed E-state index contributed by atoms with van der Waals surface area (Å²) in [7, 11) is -1.08. The third kappa shape index (κ3) is 1.94. The van der Waals surface area contributed by atoms with Crippen molar-refractivity contribution >= 4 is 10.8 Å². The minimum absolute atomic E-state index is 0.245. The Morgan fingerprint density at radius 3 is 2.50 bits per heavy atom. The maximum absolute atomic E-state index is 12.3. The molecule has 2 aliphatic rings. The summed E-state index contributed by atoms with van der Waals surface area (Å²) in [6.07, 6.45) is 3.71. The van der Waals surface area contributed by atoms with Gasteiger partial charge in [0.2, 0.25) is 0 Å². The molecule has 20 heavy (non-hydrogen) atoms. The van der Waals surface area contributed by atoms with E-state index < -0.39 is 10.8 Å². The zero-order valence-electron chi connectivity index (χ0n) is 12.5. The molecule has 0 aliphatic heterocycles. The first-order valence-corrected chi connectivity index (χ1v) is 8.58. The second-order valence-electron chi connectivity index (χ2n) is 6.84. The van der Waals surface area contributed by atoms with Gasteiger partial charge in [0.25, 0.3) is 0 Å². The smallest absolute Gasteiger partial charge is 0.0854 e. The molecule has 1 aromatic carbocycles. The summed E-state index contributed by atoms with van der Waals surface area (Å²) < 4.78 is 12.3. The SMILES string of the molecule is CC1(C)[C@@H]2CC[C@@]1(C)C(=C=C[S@](=O)c1ccccc1)C2. The Balaban J connectivity index is 1.91. The van der Waals surface area contributed by atoms with Gasteiger partial charge in [0.15, 0.2) is 0 Å². The minimum Gasteiger partial charge on any atom is -0.249 e. The van der Waals surface area contributed by atoms with Crippen LogP contribution < -0.4 is 0 Å². The third-order valence-electron chi connectivity index (χ3n) is 5.87. The monoisotopic (exact) mass is 286 g/mol. The molecule has 0 heterocycles. The lowest BCUT2D eigenvalue weighted by Crippen LogP contribution is -2.27. The molecule has 0 radical (unpaired) electrons. The summed E-state index contributed by atoms with van der Waals surface area (Å²) in [6, 6.07) is 9.62. The van der Waals surface area contributed by atoms with Crippen molar-refractivity contribution in [1.29, 1.82) is 0 Å². The highest BCUT2D eigenvalue weighted by molar-refractivity contribution is 7.88. The maximum atomic E-state index is 12.3. The number of hydrogen-bond acceptors (Lipinski definition) is 1. The quantitative estimate of drug-likeness (QED) is 0.721. The van der Waals surface area contributed by atoms with Crippen LogP contribution in [0.15, 0.2) is 51.9 Å². The van der Waals surface area contributed by atoms with Gasteiger partial charge in [-0.3, -0.25) is 0 Å². The molecule has 3 atom stereocenters. The van der Waals surface area contributed by atoms with E-state index in [1.807, 2.05) is 30.3 Å². The van der Waals surface area contributed by atoms with Gasteiger partial charge in [-0.1, -0.05) is 39.0 Å². The topological polar surface area (TPSA) is 17.1 Å². The Morgan fingerprint density at radius 1 is 1.25 bits per heavy atom. The van der Waals surface area contributed by atoms with Crippen LogP contribution in [0.3, 0.4) is 0 Å². The molecule has 1 nitrogen and oxygen atoms in total. The zero-order valence-corrected chi connectivity index (χ0v) is 13.3. The van der Waals surface area contributed by atoms with Crippen molar-refractivity contribution < 1.29 is 4.21 Å². The van der Waals surface area contributed by atoms with Gasteiger partial charge < -0.3 is 0 Å². The zero-order chi connectivity index (χ0) is 14.4. The van der Waals surface area contributed by atoms with Gasteiger partial charge in [-0.15, -0.1) is 5.73 Å². The molecule has 0 spiro atoms. The number of rotatable bonds is 2. The molecule has 0 amide bonds. The van der Waals surface area contributed by atoms with Gasteiger partial charge in [0.05, 0.1) is 10.8 Å². The average Bonchev–Trinajstić information content (AvgIpc) is 2.78. The predicted molar refractivity (Wildman–Crippen MR) is 83.7 cm³/mol. The van der Waals surface area contributed by atoms with E-state index in [1.54, 1.807) is 5.41 Å². The molecule has 1 aromatic rings. The highest BCUT2D eigenvalue weighted by atomic mass is 32.2. The van der Waals surface area contributed by atoms with Crippen LogP contribution in [0.5, 0.6) is 0 Å². The summed E-state index contributed by atoms with van der Waals surface area (Å²) >= 11 is 0. The second-order valence-corrected chi connectivity index (χ2v) is 8.15. The van der Waals surface area contributed by atoms with Gasteiger partial charge in [0, 0.05) is 15.7 Å². The molecule has 106 valence electrons. The number of benzene rings is 1. The lowest BCUT2D eigenvalue weighted by Gasteiger charge is -2.34. The fraction of sp³-hybridized carbons (Fsp3) is 0.500. The van der Waals surface area contributed by atoms with E-state index in [0.717, 1.165) is 17.2 Å². The van der Waals surface area contributed by atoms with E-state index in [9.17, 15) is 4.21 Å². The van der Waals surface area contributed by atoms with Crippen molar-refractivity contribution in [3.05, 3.63) is 47.0 Å². The summed E-state index contributed by atoms with van der Waals surface area (Å²) in [5, 5.41) is 1.76. The predicted octanol–water partition coefficient (Wildman–Crippen LogP) is 4.68. The van der Waals surface area contributed by atoms with E-state index in [0.29, 0.717) is 5.41 Å². The van der Waals surface area contributed by atoms with Crippen molar-refractivity contribution in [3.63, 3.8) is 0 Å². The van der Waals surface area contributed by atoms with Crippen molar-refractivity contribution in [2.75, 3.05) is 0 Å². The molecule has 0 aromatic heterocycles. The number of fused-ring (bicyclic) bond motifs is 2. The summed E-state index contributed by atoms with van der Waals surface area (Å²) in [6.45, 7) is 7.13. The van der Waals surface area contributed by atoms with Crippen molar-refractivity contribution in [3.8, 4) is 0 Å². The number of hydrogen-bond donors (Lipinski definition) is 0. The normalized spacial score (nSPS) is 31.9. The van der Waals surface area contributed by atoms with Crippen molar-refractivity contribution in [2.45, 2.75) is 44.9 Å². The van der Waals surface area contributed by atoms with Crippen molar-refractivity contribution in [2.24, 2.45) is 16.7 Å². The van der Waals surface area contributed by atoms with Crippen LogP contribution in [0.25, 0.3) is 0 Å². The van der Waals surface area contributed by atoms with Crippen LogP contribution in [0, 0.1) is 16.7 Å². The van der Waals surface area contributed by atoms with Gasteiger partial charge in [-0.05, 0) is 48.3 Å². The summed E-state index contributed by atoms with van der Waals surface area (Å²) in [4.78, 5) is 0.855. The van der Waals surface area contributed by atoms with E-state index in [1.165, 1.54) is 18.4 Å². The van der Waals surface area contributed by atoms with Crippen molar-refractivity contribution in [1.82, 2.24) is 0 Å². The highest BCUT2D eigenvalue weighted by Gasteiger charge is 2.58. The first-order valence-electron chi connectivity index (χ1n) is 7.37. The molecular weight excluding hydrogens is 264 g/mol. The molecule has 0 unspecified atom stereocenters. The van der Waals surface area contributed by atoms with Gasteiger partial charge in [-0.2, -0.15) is 0 Å². The fourth-order valence-corrected chi connectivity index (χ4v) is 4.74. The summed E-state index contributed by atoms with van der Waals surface area (Å²) in [5.41, 5.74) is 5.38. The van der Waals surface area contributed by atoms with E-state index in [-0.39, 0.29) is 5.41 Å². The molecule has 2 saturated carbocycles. The van der Waals surface area contributed by atoms with Gasteiger partial charge in [-0.25, -0.2) is 4.21 Å². The van der Waals surface area contributed by atoms with Crippen LogP contribution in [0.2, 0.25) is 0 Å². The van der Waals surface area contributed by atoms with Crippen LogP contribution in [-0.4, -0.2) is 4.21 Å². The maximum Gasteiger partial charge on any atom is 0.0854 e. The molecule has 0 N–H and O–H groups in total. The number of allylic oxidation sites excluding steroid dienone is 1. The molecule has 2 aliphatic carbocycles. The van der Waals surface area contributed by atoms with Crippen LogP contribution in [0.1, 0.15) is 40.0 Å². The first kappa shape index (κ1) is 13.9. The average molecular weight is 286 g/mol. The highest BCUT2D eigenvalue weighted by Crippen LogP contribution is 2.67. The molecule has 3 rings (SSSR count). The lowest BCUT2D eigenvalue weighted by molar-refractivity contribution is 0.179. The van der Waals surface area contributed by atoms with Crippen LogP contribution in [0.4, 0.5) is 0 Å². The van der Waals surface area contributed by atoms with Gasteiger partial charge in [0.1, 0.15) is 0 Å². The van der Waals surface area contributed by atoms with E-state index in [2.05, 4.69) is 26.5 Å². The molecule has 2 heteroatoms. The molecule has 0 saturated heterocycles.